The van der Waals surface area contributed by atoms with Crippen molar-refractivity contribution in [2.45, 2.75) is 18.7 Å². The fourth-order valence-electron chi connectivity index (χ4n) is 4.12. The third-order valence-electron chi connectivity index (χ3n) is 5.97. The first kappa shape index (κ1) is 28.4. The monoisotopic (exact) mass is 628 g/mol. The molecule has 0 spiro atoms. The van der Waals surface area contributed by atoms with Crippen molar-refractivity contribution < 1.29 is 17.9 Å². The predicted octanol–water partition coefficient (Wildman–Crippen LogP) is 5.86. The number of benzene rings is 3. The zero-order valence-corrected chi connectivity index (χ0v) is 24.6. The van der Waals surface area contributed by atoms with E-state index < -0.39 is 22.5 Å². The molecule has 39 heavy (non-hydrogen) atoms. The molecule has 202 valence electrons. The van der Waals surface area contributed by atoms with Gasteiger partial charge in [-0.1, -0.05) is 51.8 Å². The van der Waals surface area contributed by atoms with Gasteiger partial charge in [-0.15, -0.1) is 0 Å². The molecule has 0 atom stereocenters. The van der Waals surface area contributed by atoms with E-state index in [9.17, 15) is 13.2 Å². The summed E-state index contributed by atoms with van der Waals surface area (Å²) in [6.07, 6.45) is 1.54. The summed E-state index contributed by atoms with van der Waals surface area (Å²) >= 11 is 9.77. The molecule has 1 N–H and O–H groups in total. The van der Waals surface area contributed by atoms with Crippen LogP contribution >= 0.6 is 27.5 Å². The van der Waals surface area contributed by atoms with E-state index >= 15 is 0 Å². The molecule has 1 amide bonds. The van der Waals surface area contributed by atoms with Crippen molar-refractivity contribution in [1.82, 2.24) is 9.99 Å². The second-order valence-corrected chi connectivity index (χ2v) is 11.8. The third kappa shape index (κ3) is 6.35. The Hall–Kier alpha value is -3.60. The molecule has 0 bridgehead atoms. The summed E-state index contributed by atoms with van der Waals surface area (Å²) in [4.78, 5) is 13.0. The van der Waals surface area contributed by atoms with Gasteiger partial charge in [0.05, 0.1) is 28.9 Å². The lowest BCUT2D eigenvalue weighted by molar-refractivity contribution is -0.119. The van der Waals surface area contributed by atoms with Crippen LogP contribution in [0.25, 0.3) is 5.69 Å². The third-order valence-corrected chi connectivity index (χ3v) is 8.55. The highest BCUT2D eigenvalue weighted by atomic mass is 79.9. The molecule has 8 nitrogen and oxygen atoms in total. The van der Waals surface area contributed by atoms with Crippen LogP contribution in [0.1, 0.15) is 17.0 Å². The van der Waals surface area contributed by atoms with Gasteiger partial charge in [0.1, 0.15) is 12.3 Å². The number of rotatable bonds is 9. The van der Waals surface area contributed by atoms with Crippen LogP contribution in [0, 0.1) is 13.8 Å². The van der Waals surface area contributed by atoms with Gasteiger partial charge in [-0.3, -0.25) is 9.10 Å². The van der Waals surface area contributed by atoms with Gasteiger partial charge in [-0.25, -0.2) is 13.8 Å². The number of amides is 1. The van der Waals surface area contributed by atoms with Gasteiger partial charge in [-0.2, -0.15) is 5.10 Å². The summed E-state index contributed by atoms with van der Waals surface area (Å²) in [6.45, 7) is 3.42. The second kappa shape index (κ2) is 12.1. The summed E-state index contributed by atoms with van der Waals surface area (Å²) in [5.41, 5.74) is 6.38. The van der Waals surface area contributed by atoms with E-state index in [0.29, 0.717) is 5.75 Å². The number of halogens is 2. The van der Waals surface area contributed by atoms with Crippen molar-refractivity contribution in [3.8, 4) is 11.4 Å². The molecule has 1 aromatic heterocycles. The molecule has 0 saturated heterocycles. The van der Waals surface area contributed by atoms with Crippen LogP contribution in [0.3, 0.4) is 0 Å². The van der Waals surface area contributed by atoms with Crippen molar-refractivity contribution in [2.24, 2.45) is 5.10 Å². The number of methoxy groups -OCH3 is 1. The number of hydrogen-bond acceptors (Lipinski definition) is 5. The number of carbonyl (C=O) groups excluding carboxylic acids is 1. The smallest absolute Gasteiger partial charge is 0.264 e. The number of carbonyl (C=O) groups is 1. The molecule has 1 heterocycles. The first-order valence-electron chi connectivity index (χ1n) is 11.8. The fourth-order valence-corrected chi connectivity index (χ4v) is 6.19. The predicted molar refractivity (Wildman–Crippen MR) is 158 cm³/mol. The minimum atomic E-state index is -4.09. The Bertz CT molecular complexity index is 1640. The average Bonchev–Trinajstić information content (AvgIpc) is 3.20. The first-order valence-corrected chi connectivity index (χ1v) is 14.4. The normalized spacial score (nSPS) is 11.5. The van der Waals surface area contributed by atoms with Gasteiger partial charge in [0, 0.05) is 27.1 Å². The Labute approximate surface area is 241 Å². The molecule has 0 aliphatic carbocycles. The van der Waals surface area contributed by atoms with E-state index in [1.165, 1.54) is 37.6 Å². The highest BCUT2D eigenvalue weighted by molar-refractivity contribution is 9.10. The highest BCUT2D eigenvalue weighted by Crippen LogP contribution is 2.32. The van der Waals surface area contributed by atoms with E-state index in [4.69, 9.17) is 16.3 Å². The topological polar surface area (TPSA) is 93.0 Å². The van der Waals surface area contributed by atoms with Gasteiger partial charge in [0.25, 0.3) is 15.9 Å². The lowest BCUT2D eigenvalue weighted by atomic mass is 10.2. The molecule has 0 fully saturated rings. The molecule has 3 aromatic carbocycles. The van der Waals surface area contributed by atoms with Crippen LogP contribution < -0.4 is 14.5 Å². The Morgan fingerprint density at radius 2 is 1.82 bits per heavy atom. The van der Waals surface area contributed by atoms with E-state index in [-0.39, 0.29) is 15.6 Å². The maximum absolute atomic E-state index is 13.5. The van der Waals surface area contributed by atoms with E-state index in [1.807, 2.05) is 44.2 Å². The fraction of sp³-hybridized carbons (Fsp3) is 0.143. The van der Waals surface area contributed by atoms with Gasteiger partial charge in [0.2, 0.25) is 0 Å². The van der Waals surface area contributed by atoms with Crippen molar-refractivity contribution in [1.29, 1.82) is 0 Å². The van der Waals surface area contributed by atoms with Crippen molar-refractivity contribution >= 4 is 55.4 Å². The van der Waals surface area contributed by atoms with Crippen LogP contribution in [0.15, 0.2) is 93.3 Å². The quantitative estimate of drug-likeness (QED) is 0.185. The molecule has 4 aromatic rings. The van der Waals surface area contributed by atoms with Gasteiger partial charge < -0.3 is 9.30 Å². The van der Waals surface area contributed by atoms with Crippen LogP contribution in [0.2, 0.25) is 5.02 Å². The summed E-state index contributed by atoms with van der Waals surface area (Å²) in [5, 5.41) is 4.31. The summed E-state index contributed by atoms with van der Waals surface area (Å²) in [6, 6.07) is 22.2. The molecule has 11 heteroatoms. The number of anilines is 1. The average molecular weight is 630 g/mol. The van der Waals surface area contributed by atoms with Gasteiger partial charge in [-0.05, 0) is 68.4 Å². The van der Waals surface area contributed by atoms with Gasteiger partial charge >= 0.3 is 0 Å². The van der Waals surface area contributed by atoms with Crippen LogP contribution in [-0.4, -0.2) is 38.8 Å². The number of aryl methyl sites for hydroxylation is 1. The standard InChI is InChI=1S/C28H26BrClN4O4S/c1-19-14-21(20(2)34(19)24-9-7-8-22(29)15-24)17-31-32-28(35)18-33(23-12-13-27(38-3)26(30)16-23)39(36,37)25-10-5-4-6-11-25/h4-17H,18H2,1-3H3,(H,32,35)/b31-17+. The van der Waals surface area contributed by atoms with E-state index in [1.54, 1.807) is 24.3 Å². The lowest BCUT2D eigenvalue weighted by Crippen LogP contribution is -2.39. The summed E-state index contributed by atoms with van der Waals surface area (Å²) in [5.74, 6) is -0.245. The van der Waals surface area contributed by atoms with Crippen molar-refractivity contribution in [3.05, 3.63) is 105 Å². The summed E-state index contributed by atoms with van der Waals surface area (Å²) in [7, 11) is -2.63. The number of hydrazone groups is 1. The first-order chi connectivity index (χ1) is 18.6. The molecule has 0 saturated carbocycles. The number of aromatic nitrogens is 1. The maximum atomic E-state index is 13.5. The zero-order valence-electron chi connectivity index (χ0n) is 21.4. The maximum Gasteiger partial charge on any atom is 0.264 e. The number of ether oxygens (including phenoxy) is 1. The second-order valence-electron chi connectivity index (χ2n) is 8.58. The Balaban J connectivity index is 1.57. The molecule has 0 aliphatic rings. The van der Waals surface area contributed by atoms with E-state index in [0.717, 1.165) is 31.4 Å². The van der Waals surface area contributed by atoms with Crippen LogP contribution in [-0.2, 0) is 14.8 Å². The molecule has 0 aliphatic heterocycles. The number of hydrogen-bond donors (Lipinski definition) is 1. The largest absolute Gasteiger partial charge is 0.495 e. The van der Waals surface area contributed by atoms with E-state index in [2.05, 4.69) is 31.0 Å². The van der Waals surface area contributed by atoms with Crippen molar-refractivity contribution in [2.75, 3.05) is 18.0 Å². The zero-order chi connectivity index (χ0) is 28.2. The lowest BCUT2D eigenvalue weighted by Gasteiger charge is -2.24. The summed E-state index contributed by atoms with van der Waals surface area (Å²) < 4.78 is 36.2. The van der Waals surface area contributed by atoms with Gasteiger partial charge in [0.15, 0.2) is 0 Å². The van der Waals surface area contributed by atoms with Crippen molar-refractivity contribution in [3.63, 3.8) is 0 Å². The highest BCUT2D eigenvalue weighted by Gasteiger charge is 2.27. The number of nitrogens with one attached hydrogen (secondary N) is 1. The number of sulfonamides is 1. The minimum Gasteiger partial charge on any atom is -0.495 e. The Kier molecular flexibility index (Phi) is 8.79. The van der Waals surface area contributed by atoms with Crippen LogP contribution in [0.5, 0.6) is 5.75 Å². The number of nitrogens with zero attached hydrogens (tertiary/aromatic N) is 3. The minimum absolute atomic E-state index is 0.0354. The van der Waals surface area contributed by atoms with Crippen LogP contribution in [0.4, 0.5) is 5.69 Å². The molecule has 0 radical (unpaired) electrons. The SMILES string of the molecule is COc1ccc(N(CC(=O)N/N=C/c2cc(C)n(-c3cccc(Br)c3)c2C)S(=O)(=O)c2ccccc2)cc1Cl. The molecular weight excluding hydrogens is 604 g/mol. The Morgan fingerprint density at radius 3 is 2.49 bits per heavy atom. The Morgan fingerprint density at radius 1 is 1.08 bits per heavy atom. The molecular formula is C28H26BrClN4O4S. The molecule has 0 unspecified atom stereocenters. The molecule has 4 rings (SSSR count).